The average Bonchev–Trinajstić information content (AvgIpc) is 2.73. The van der Waals surface area contributed by atoms with Crippen LogP contribution >= 0.6 is 11.8 Å². The highest BCUT2D eigenvalue weighted by atomic mass is 32.2. The summed E-state index contributed by atoms with van der Waals surface area (Å²) in [6.45, 7) is 8.70. The molecule has 1 saturated heterocycles. The summed E-state index contributed by atoms with van der Waals surface area (Å²) in [5.41, 5.74) is -0.531. The molecule has 1 amide bonds. The predicted molar refractivity (Wildman–Crippen MR) is 124 cm³/mol. The molecule has 0 aromatic heterocycles. The summed E-state index contributed by atoms with van der Waals surface area (Å²) in [5.74, 6) is 0.930. The number of amides is 1. The number of benzene rings is 2. The minimum atomic E-state index is -0.941. The Balaban J connectivity index is 1.59. The molecular weight excluding hydrogens is 410 g/mol. The molecule has 0 aliphatic carbocycles. The molecule has 1 aliphatic rings. The summed E-state index contributed by atoms with van der Waals surface area (Å²) in [6, 6.07) is 16.1. The van der Waals surface area contributed by atoms with E-state index in [0.29, 0.717) is 13.1 Å². The van der Waals surface area contributed by atoms with Crippen LogP contribution in [0.2, 0.25) is 0 Å². The van der Waals surface area contributed by atoms with Gasteiger partial charge in [0.2, 0.25) is 0 Å². The molecule has 31 heavy (non-hydrogen) atoms. The van der Waals surface area contributed by atoms with Gasteiger partial charge in [-0.3, -0.25) is 0 Å². The molecule has 0 spiro atoms. The second-order valence-corrected chi connectivity index (χ2v) is 10.3. The number of carbonyl (C=O) groups excluding carboxylic acids is 1. The molecule has 1 aliphatic heterocycles. The Morgan fingerprint density at radius 2 is 1.48 bits per heavy atom. The van der Waals surface area contributed by atoms with Gasteiger partial charge in [0, 0.05) is 22.9 Å². The van der Waals surface area contributed by atoms with Crippen LogP contribution < -0.4 is 4.74 Å². The highest BCUT2D eigenvalue weighted by Gasteiger charge is 2.37. The second-order valence-electron chi connectivity index (χ2n) is 9.19. The van der Waals surface area contributed by atoms with Gasteiger partial charge in [-0.1, -0.05) is 23.9 Å². The SMILES string of the molecule is COc1ccc(Sc2ccc(C(C)(O)C3CCN(C(=O)OC(C)(C)C)CC3)cc2)cc1. The molecule has 2 aromatic carbocycles. The summed E-state index contributed by atoms with van der Waals surface area (Å²) in [6.07, 6.45) is 1.22. The Labute approximate surface area is 189 Å². The number of methoxy groups -OCH3 is 1. The number of aliphatic hydroxyl groups is 1. The van der Waals surface area contributed by atoms with Crippen molar-refractivity contribution in [1.29, 1.82) is 0 Å². The first-order chi connectivity index (χ1) is 14.6. The molecular formula is C25H33NO4S. The minimum Gasteiger partial charge on any atom is -0.497 e. The summed E-state index contributed by atoms with van der Waals surface area (Å²) in [5, 5.41) is 11.3. The van der Waals surface area contributed by atoms with Crippen LogP contribution in [0, 0.1) is 5.92 Å². The monoisotopic (exact) mass is 443 g/mol. The van der Waals surface area contributed by atoms with E-state index >= 15 is 0 Å². The first-order valence-corrected chi connectivity index (χ1v) is 11.5. The smallest absolute Gasteiger partial charge is 0.410 e. The van der Waals surface area contributed by atoms with Crippen LogP contribution in [0.1, 0.15) is 46.1 Å². The van der Waals surface area contributed by atoms with Crippen molar-refractivity contribution in [3.63, 3.8) is 0 Å². The number of hydrogen-bond donors (Lipinski definition) is 1. The maximum atomic E-state index is 12.3. The average molecular weight is 444 g/mol. The molecule has 0 bridgehead atoms. The Morgan fingerprint density at radius 3 is 1.97 bits per heavy atom. The lowest BCUT2D eigenvalue weighted by atomic mass is 9.77. The van der Waals surface area contributed by atoms with Crippen molar-refractivity contribution in [2.45, 2.75) is 61.5 Å². The fraction of sp³-hybridized carbons (Fsp3) is 0.480. The zero-order valence-electron chi connectivity index (χ0n) is 19.1. The van der Waals surface area contributed by atoms with Gasteiger partial charge in [0.15, 0.2) is 0 Å². The summed E-state index contributed by atoms with van der Waals surface area (Å²) in [7, 11) is 1.66. The van der Waals surface area contributed by atoms with E-state index in [2.05, 4.69) is 12.1 Å². The van der Waals surface area contributed by atoms with Gasteiger partial charge in [-0.15, -0.1) is 0 Å². The van der Waals surface area contributed by atoms with Gasteiger partial charge < -0.3 is 19.5 Å². The van der Waals surface area contributed by atoms with E-state index in [1.54, 1.807) is 23.8 Å². The molecule has 1 unspecified atom stereocenters. The van der Waals surface area contributed by atoms with E-state index in [9.17, 15) is 9.90 Å². The van der Waals surface area contributed by atoms with E-state index in [-0.39, 0.29) is 12.0 Å². The third-order valence-corrected chi connectivity index (χ3v) is 6.69. The number of rotatable bonds is 5. The Morgan fingerprint density at radius 1 is 0.968 bits per heavy atom. The number of piperidine rings is 1. The van der Waals surface area contributed by atoms with Crippen molar-refractivity contribution in [3.8, 4) is 5.75 Å². The number of hydrogen-bond acceptors (Lipinski definition) is 5. The molecule has 168 valence electrons. The van der Waals surface area contributed by atoms with Gasteiger partial charge in [0.1, 0.15) is 11.4 Å². The molecule has 0 saturated carbocycles. The van der Waals surface area contributed by atoms with E-state index in [4.69, 9.17) is 9.47 Å². The molecule has 1 atom stereocenters. The second kappa shape index (κ2) is 9.53. The summed E-state index contributed by atoms with van der Waals surface area (Å²) >= 11 is 1.67. The zero-order chi connectivity index (χ0) is 22.6. The van der Waals surface area contributed by atoms with Crippen LogP contribution in [-0.4, -0.2) is 41.9 Å². The Hall–Kier alpha value is -2.18. The third-order valence-electron chi connectivity index (χ3n) is 5.68. The normalized spacial score (nSPS) is 17.2. The van der Waals surface area contributed by atoms with Gasteiger partial charge in [-0.25, -0.2) is 4.79 Å². The Bertz CT molecular complexity index is 864. The van der Waals surface area contributed by atoms with Gasteiger partial charge in [-0.05, 0) is 88.4 Å². The van der Waals surface area contributed by atoms with Crippen molar-refractivity contribution in [3.05, 3.63) is 54.1 Å². The molecule has 3 rings (SSSR count). The predicted octanol–water partition coefficient (Wildman–Crippen LogP) is 5.70. The largest absolute Gasteiger partial charge is 0.497 e. The molecule has 1 fully saturated rings. The van der Waals surface area contributed by atoms with Gasteiger partial charge in [0.05, 0.1) is 12.7 Å². The van der Waals surface area contributed by atoms with E-state index in [1.807, 2.05) is 64.1 Å². The van der Waals surface area contributed by atoms with Crippen LogP contribution in [0.15, 0.2) is 58.3 Å². The lowest BCUT2D eigenvalue weighted by Crippen LogP contribution is -2.45. The van der Waals surface area contributed by atoms with E-state index < -0.39 is 11.2 Å². The summed E-state index contributed by atoms with van der Waals surface area (Å²) < 4.78 is 10.7. The van der Waals surface area contributed by atoms with Crippen molar-refractivity contribution < 1.29 is 19.4 Å². The molecule has 2 aromatic rings. The van der Waals surface area contributed by atoms with Crippen LogP contribution in [0.25, 0.3) is 0 Å². The molecule has 1 heterocycles. The maximum absolute atomic E-state index is 12.3. The van der Waals surface area contributed by atoms with E-state index in [1.165, 1.54) is 0 Å². The van der Waals surface area contributed by atoms with Crippen LogP contribution in [0.3, 0.4) is 0 Å². The maximum Gasteiger partial charge on any atom is 0.410 e. The minimum absolute atomic E-state index is 0.0891. The molecule has 5 nitrogen and oxygen atoms in total. The summed E-state index contributed by atoms with van der Waals surface area (Å²) in [4.78, 5) is 16.3. The topological polar surface area (TPSA) is 59.0 Å². The fourth-order valence-corrected chi connectivity index (χ4v) is 4.64. The standard InChI is InChI=1S/C25H33NO4S/c1-24(2,3)30-23(27)26-16-14-19(15-17-26)25(4,28)18-6-10-21(11-7-18)31-22-12-8-20(29-5)9-13-22/h6-13,19,28H,14-17H2,1-5H3. The van der Waals surface area contributed by atoms with Crippen molar-refractivity contribution in [1.82, 2.24) is 4.90 Å². The van der Waals surface area contributed by atoms with Crippen molar-refractivity contribution >= 4 is 17.9 Å². The number of ether oxygens (including phenoxy) is 2. The van der Waals surface area contributed by atoms with Crippen molar-refractivity contribution in [2.75, 3.05) is 20.2 Å². The Kier molecular flexibility index (Phi) is 7.22. The van der Waals surface area contributed by atoms with Crippen LogP contribution in [-0.2, 0) is 10.3 Å². The number of carbonyl (C=O) groups is 1. The van der Waals surface area contributed by atoms with E-state index in [0.717, 1.165) is 33.9 Å². The molecule has 1 N–H and O–H groups in total. The first-order valence-electron chi connectivity index (χ1n) is 10.7. The van der Waals surface area contributed by atoms with Crippen molar-refractivity contribution in [2.24, 2.45) is 5.92 Å². The number of nitrogens with zero attached hydrogens (tertiary/aromatic N) is 1. The molecule has 0 radical (unpaired) electrons. The van der Waals surface area contributed by atoms with Gasteiger partial charge in [0.25, 0.3) is 0 Å². The van der Waals surface area contributed by atoms with Crippen LogP contribution in [0.4, 0.5) is 4.79 Å². The van der Waals surface area contributed by atoms with Gasteiger partial charge in [-0.2, -0.15) is 0 Å². The lowest BCUT2D eigenvalue weighted by Gasteiger charge is -2.40. The van der Waals surface area contributed by atoms with Gasteiger partial charge >= 0.3 is 6.09 Å². The van der Waals surface area contributed by atoms with Crippen LogP contribution in [0.5, 0.6) is 5.75 Å². The quantitative estimate of drug-likeness (QED) is 0.642. The third kappa shape index (κ3) is 6.17. The lowest BCUT2D eigenvalue weighted by molar-refractivity contribution is -0.0384. The zero-order valence-corrected chi connectivity index (χ0v) is 19.9. The highest BCUT2D eigenvalue weighted by Crippen LogP contribution is 2.38. The fourth-order valence-electron chi connectivity index (χ4n) is 3.83. The highest BCUT2D eigenvalue weighted by molar-refractivity contribution is 7.99. The first kappa shape index (κ1) is 23.5. The number of likely N-dealkylation sites (tertiary alicyclic amines) is 1. The molecule has 6 heteroatoms.